The lowest BCUT2D eigenvalue weighted by molar-refractivity contribution is -0.697. The molecule has 0 aliphatic heterocycles. The number of hydrogen-bond donors (Lipinski definition) is 0. The fourth-order valence-corrected chi connectivity index (χ4v) is 1.73. The average Bonchev–Trinajstić information content (AvgIpc) is 2.36. The van der Waals surface area contributed by atoms with Gasteiger partial charge in [-0.3, -0.25) is 0 Å². The first-order valence-corrected chi connectivity index (χ1v) is 9.07. The van der Waals surface area contributed by atoms with Crippen molar-refractivity contribution in [2.24, 2.45) is 0 Å². The molecule has 0 unspecified atom stereocenters. The Labute approximate surface area is 123 Å². The fourth-order valence-electron chi connectivity index (χ4n) is 1.73. The Morgan fingerprint density at radius 3 is 2.00 bits per heavy atom. The Bertz CT molecular complexity index is 433. The summed E-state index contributed by atoms with van der Waals surface area (Å²) in [4.78, 5) is 0. The molecule has 0 spiro atoms. The third kappa shape index (κ3) is 13.5. The van der Waals surface area contributed by atoms with Crippen LogP contribution in [0, 0.1) is 0 Å². The standard InChI is InChI=1S/C14H24N.CH4O3S/c1-3-5-7-11-15-12-9-14(10-13-15)8-6-4-2;1-5(2,3)4/h9-10,12-13H,3-8,11H2,1-2H3;1H3,(H,2,3,4)/q+1;/p-1. The van der Waals surface area contributed by atoms with Crippen molar-refractivity contribution < 1.29 is 17.5 Å². The summed E-state index contributed by atoms with van der Waals surface area (Å²) >= 11 is 0. The molecule has 1 heterocycles. The lowest BCUT2D eigenvalue weighted by Crippen LogP contribution is -2.32. The van der Waals surface area contributed by atoms with E-state index in [9.17, 15) is 0 Å². The molecule has 0 bridgehead atoms. The number of rotatable bonds is 7. The minimum absolute atomic E-state index is 0.604. The maximum Gasteiger partial charge on any atom is 0.169 e. The van der Waals surface area contributed by atoms with Gasteiger partial charge >= 0.3 is 0 Å². The minimum Gasteiger partial charge on any atom is -0.748 e. The van der Waals surface area contributed by atoms with Gasteiger partial charge in [-0.1, -0.05) is 26.7 Å². The smallest absolute Gasteiger partial charge is 0.169 e. The van der Waals surface area contributed by atoms with Crippen LogP contribution >= 0.6 is 0 Å². The molecule has 0 radical (unpaired) electrons. The molecule has 116 valence electrons. The molecule has 0 aliphatic rings. The van der Waals surface area contributed by atoms with Crippen LogP contribution in [0.25, 0.3) is 0 Å². The van der Waals surface area contributed by atoms with Gasteiger partial charge in [0.1, 0.15) is 6.54 Å². The van der Waals surface area contributed by atoms with Crippen molar-refractivity contribution in [2.45, 2.75) is 58.9 Å². The molecule has 20 heavy (non-hydrogen) atoms. The van der Waals surface area contributed by atoms with Gasteiger partial charge in [-0.25, -0.2) is 13.0 Å². The average molecular weight is 301 g/mol. The number of pyridine rings is 1. The highest BCUT2D eigenvalue weighted by atomic mass is 32.2. The number of unbranched alkanes of at least 4 members (excludes halogenated alkanes) is 3. The quantitative estimate of drug-likeness (QED) is 0.442. The molecule has 1 aromatic heterocycles. The number of aromatic nitrogens is 1. The third-order valence-corrected chi connectivity index (χ3v) is 2.80. The minimum atomic E-state index is -3.92. The van der Waals surface area contributed by atoms with Gasteiger partial charge in [0.2, 0.25) is 0 Å². The van der Waals surface area contributed by atoms with Crippen molar-refractivity contribution in [2.75, 3.05) is 6.26 Å². The predicted octanol–water partition coefficient (Wildman–Crippen LogP) is 2.67. The van der Waals surface area contributed by atoms with Crippen LogP contribution in [-0.4, -0.2) is 19.2 Å². The van der Waals surface area contributed by atoms with Gasteiger partial charge < -0.3 is 4.55 Å². The Kier molecular flexibility index (Phi) is 10.3. The topological polar surface area (TPSA) is 61.1 Å². The maximum absolute atomic E-state index is 9.08. The van der Waals surface area contributed by atoms with Crippen molar-refractivity contribution in [3.05, 3.63) is 30.1 Å². The normalized spacial score (nSPS) is 10.8. The first kappa shape index (κ1) is 19.1. The molecule has 0 atom stereocenters. The van der Waals surface area contributed by atoms with E-state index in [1.54, 1.807) is 0 Å². The highest BCUT2D eigenvalue weighted by molar-refractivity contribution is 7.84. The summed E-state index contributed by atoms with van der Waals surface area (Å²) in [5.41, 5.74) is 1.48. The van der Waals surface area contributed by atoms with E-state index in [-0.39, 0.29) is 0 Å². The van der Waals surface area contributed by atoms with Gasteiger partial charge in [-0.05, 0) is 24.8 Å². The van der Waals surface area contributed by atoms with Gasteiger partial charge in [-0.15, -0.1) is 0 Å². The van der Waals surface area contributed by atoms with Crippen LogP contribution in [0.15, 0.2) is 24.5 Å². The van der Waals surface area contributed by atoms with Gasteiger partial charge in [0, 0.05) is 24.8 Å². The Morgan fingerprint density at radius 2 is 1.55 bits per heavy atom. The second-order valence-corrected chi connectivity index (χ2v) is 6.37. The zero-order valence-corrected chi connectivity index (χ0v) is 13.7. The van der Waals surface area contributed by atoms with Crippen molar-refractivity contribution in [1.82, 2.24) is 0 Å². The van der Waals surface area contributed by atoms with Crippen LogP contribution < -0.4 is 4.57 Å². The molecular formula is C15H27NO3S. The predicted molar refractivity (Wildman–Crippen MR) is 80.4 cm³/mol. The molecule has 0 N–H and O–H groups in total. The molecule has 0 aromatic carbocycles. The van der Waals surface area contributed by atoms with Gasteiger partial charge in [0.15, 0.2) is 12.4 Å². The van der Waals surface area contributed by atoms with E-state index in [0.717, 1.165) is 0 Å². The van der Waals surface area contributed by atoms with E-state index in [1.807, 2.05) is 0 Å². The van der Waals surface area contributed by atoms with E-state index in [4.69, 9.17) is 13.0 Å². The van der Waals surface area contributed by atoms with Crippen molar-refractivity contribution in [3.8, 4) is 0 Å². The largest absolute Gasteiger partial charge is 0.748 e. The molecule has 4 nitrogen and oxygen atoms in total. The van der Waals surface area contributed by atoms with Crippen LogP contribution in [0.3, 0.4) is 0 Å². The van der Waals surface area contributed by atoms with Gasteiger partial charge in [0.25, 0.3) is 0 Å². The summed E-state index contributed by atoms with van der Waals surface area (Å²) in [6.45, 7) is 5.66. The molecule has 0 amide bonds. The van der Waals surface area contributed by atoms with Gasteiger partial charge in [0.05, 0.1) is 10.1 Å². The summed E-state index contributed by atoms with van der Waals surface area (Å²) in [6.07, 6.45) is 12.8. The van der Waals surface area contributed by atoms with Crippen molar-refractivity contribution in [1.29, 1.82) is 0 Å². The fraction of sp³-hybridized carbons (Fsp3) is 0.667. The highest BCUT2D eigenvalue weighted by Gasteiger charge is 1.99. The summed E-state index contributed by atoms with van der Waals surface area (Å²) in [6, 6.07) is 4.53. The summed E-state index contributed by atoms with van der Waals surface area (Å²) < 4.78 is 29.5. The van der Waals surface area contributed by atoms with Gasteiger partial charge in [-0.2, -0.15) is 0 Å². The molecule has 1 rings (SSSR count). The Balaban J connectivity index is 0.000000621. The molecule has 0 aliphatic carbocycles. The second kappa shape index (κ2) is 10.8. The number of aryl methyl sites for hydroxylation is 2. The SMILES string of the molecule is CCCCC[n+]1ccc(CCCC)cc1.CS(=O)(=O)[O-]. The summed E-state index contributed by atoms with van der Waals surface area (Å²) in [5.74, 6) is 0. The van der Waals surface area contributed by atoms with Crippen LogP contribution in [0.4, 0.5) is 0 Å². The number of hydrogen-bond acceptors (Lipinski definition) is 3. The van der Waals surface area contributed by atoms with Crippen LogP contribution in [-0.2, 0) is 23.1 Å². The molecule has 0 saturated carbocycles. The third-order valence-electron chi connectivity index (χ3n) is 2.80. The maximum atomic E-state index is 9.08. The lowest BCUT2D eigenvalue weighted by atomic mass is 10.1. The molecule has 1 aromatic rings. The van der Waals surface area contributed by atoms with Crippen molar-refractivity contribution in [3.63, 3.8) is 0 Å². The second-order valence-electron chi connectivity index (χ2n) is 4.96. The molecular weight excluding hydrogens is 274 g/mol. The Hall–Kier alpha value is -0.940. The Morgan fingerprint density at radius 1 is 1.05 bits per heavy atom. The van der Waals surface area contributed by atoms with Crippen LogP contribution in [0.1, 0.15) is 51.5 Å². The van der Waals surface area contributed by atoms with E-state index in [0.29, 0.717) is 6.26 Å². The molecule has 0 saturated heterocycles. The van der Waals surface area contributed by atoms with Crippen LogP contribution in [0.2, 0.25) is 0 Å². The van der Waals surface area contributed by atoms with E-state index >= 15 is 0 Å². The lowest BCUT2D eigenvalue weighted by Gasteiger charge is -1.99. The first-order chi connectivity index (χ1) is 9.36. The number of nitrogens with zero attached hydrogens (tertiary/aromatic N) is 1. The summed E-state index contributed by atoms with van der Waals surface area (Å²) in [7, 11) is -3.92. The first-order valence-electron chi connectivity index (χ1n) is 7.25. The summed E-state index contributed by atoms with van der Waals surface area (Å²) in [5, 5.41) is 0. The highest BCUT2D eigenvalue weighted by Crippen LogP contribution is 2.02. The van der Waals surface area contributed by atoms with E-state index in [2.05, 4.69) is 42.9 Å². The molecule has 5 heteroatoms. The van der Waals surface area contributed by atoms with Crippen molar-refractivity contribution >= 4 is 10.1 Å². The zero-order valence-electron chi connectivity index (χ0n) is 12.8. The zero-order chi connectivity index (χ0) is 15.4. The van der Waals surface area contributed by atoms with E-state index < -0.39 is 10.1 Å². The van der Waals surface area contributed by atoms with E-state index in [1.165, 1.54) is 50.6 Å². The monoisotopic (exact) mass is 301 g/mol. The molecule has 0 fully saturated rings. The van der Waals surface area contributed by atoms with Crippen LogP contribution in [0.5, 0.6) is 0 Å².